The molecule has 0 saturated heterocycles. The third-order valence-electron chi connectivity index (χ3n) is 2.07. The molecule has 1 atom stereocenters. The summed E-state index contributed by atoms with van der Waals surface area (Å²) in [6.07, 6.45) is 1.28. The second-order valence-electron chi connectivity index (χ2n) is 5.16. The van der Waals surface area contributed by atoms with Crippen LogP contribution in [0.25, 0.3) is 0 Å². The van der Waals surface area contributed by atoms with Crippen LogP contribution in [0, 0.1) is 0 Å². The third kappa shape index (κ3) is 10.7. The maximum Gasteiger partial charge on any atom is 0.407 e. The normalized spacial score (nSPS) is 14.1. The van der Waals surface area contributed by atoms with Crippen molar-refractivity contribution in [3.8, 4) is 0 Å². The van der Waals surface area contributed by atoms with Crippen molar-refractivity contribution in [3.63, 3.8) is 0 Å². The highest BCUT2D eigenvalue weighted by atomic mass is 35.7. The molecule has 0 aromatic rings. The molecule has 0 fully saturated rings. The van der Waals surface area contributed by atoms with Crippen molar-refractivity contribution in [2.45, 2.75) is 58.6 Å². The van der Waals surface area contributed by atoms with Crippen molar-refractivity contribution in [2.24, 2.45) is 0 Å². The van der Waals surface area contributed by atoms with Crippen LogP contribution in [-0.2, 0) is 13.8 Å². The lowest BCUT2D eigenvalue weighted by Gasteiger charge is -2.23. The first-order valence-electron chi connectivity index (χ1n) is 5.95. The van der Waals surface area contributed by atoms with Gasteiger partial charge in [0.1, 0.15) is 5.60 Å². The topological polar surface area (TPSA) is 72.5 Å². The van der Waals surface area contributed by atoms with E-state index in [9.17, 15) is 13.2 Å². The molecular weight excluding hydrogens is 278 g/mol. The molecule has 1 amide bonds. The van der Waals surface area contributed by atoms with Gasteiger partial charge in [0.05, 0.1) is 5.75 Å². The van der Waals surface area contributed by atoms with E-state index in [1.54, 1.807) is 20.8 Å². The Morgan fingerprint density at radius 1 is 1.33 bits per heavy atom. The first-order chi connectivity index (χ1) is 8.03. The minimum Gasteiger partial charge on any atom is -0.444 e. The predicted molar refractivity (Wildman–Crippen MR) is 72.3 cm³/mol. The third-order valence-corrected chi connectivity index (χ3v) is 3.25. The van der Waals surface area contributed by atoms with Crippen molar-refractivity contribution in [3.05, 3.63) is 0 Å². The molecule has 0 saturated carbocycles. The summed E-state index contributed by atoms with van der Waals surface area (Å²) in [6.45, 7) is 7.26. The highest BCUT2D eigenvalue weighted by Crippen LogP contribution is 2.10. The molecule has 0 aromatic carbocycles. The smallest absolute Gasteiger partial charge is 0.407 e. The second kappa shape index (κ2) is 7.19. The zero-order valence-electron chi connectivity index (χ0n) is 11.3. The van der Waals surface area contributed by atoms with E-state index in [2.05, 4.69) is 5.32 Å². The van der Waals surface area contributed by atoms with Gasteiger partial charge >= 0.3 is 6.09 Å². The van der Waals surface area contributed by atoms with Crippen molar-refractivity contribution < 1.29 is 17.9 Å². The van der Waals surface area contributed by atoms with Gasteiger partial charge in [-0.25, -0.2) is 13.2 Å². The molecule has 0 heterocycles. The number of carbonyl (C=O) groups excluding carboxylic acids is 1. The quantitative estimate of drug-likeness (QED) is 0.765. The minimum absolute atomic E-state index is 0.158. The Balaban J connectivity index is 4.31. The Hall–Kier alpha value is -0.490. The van der Waals surface area contributed by atoms with Crippen LogP contribution in [0.1, 0.15) is 47.0 Å². The number of ether oxygens (including phenoxy) is 1. The van der Waals surface area contributed by atoms with Crippen LogP contribution >= 0.6 is 10.7 Å². The number of halogens is 1. The van der Waals surface area contributed by atoms with E-state index in [1.807, 2.05) is 6.92 Å². The van der Waals surface area contributed by atoms with Crippen molar-refractivity contribution >= 4 is 25.8 Å². The van der Waals surface area contributed by atoms with Crippen LogP contribution in [0.2, 0.25) is 0 Å². The van der Waals surface area contributed by atoms with Gasteiger partial charge in [-0.15, -0.1) is 0 Å². The molecule has 0 aromatic heterocycles. The van der Waals surface area contributed by atoms with Gasteiger partial charge in [-0.3, -0.25) is 0 Å². The number of alkyl carbamates (subject to hydrolysis) is 1. The summed E-state index contributed by atoms with van der Waals surface area (Å²) in [7, 11) is 1.62. The van der Waals surface area contributed by atoms with Crippen molar-refractivity contribution in [1.29, 1.82) is 0 Å². The van der Waals surface area contributed by atoms with Gasteiger partial charge in [0.15, 0.2) is 0 Å². The van der Waals surface area contributed by atoms with Gasteiger partial charge in [-0.05, 0) is 33.6 Å². The monoisotopic (exact) mass is 299 g/mol. The highest BCUT2D eigenvalue weighted by molar-refractivity contribution is 8.13. The SMILES string of the molecule is CCCC(CCS(=O)(=O)Cl)NC(=O)OC(C)(C)C. The molecule has 1 N–H and O–H groups in total. The molecule has 0 aliphatic heterocycles. The summed E-state index contributed by atoms with van der Waals surface area (Å²) in [5.74, 6) is -0.158. The first kappa shape index (κ1) is 17.5. The number of hydrogen-bond acceptors (Lipinski definition) is 4. The first-order valence-corrected chi connectivity index (χ1v) is 8.43. The average molecular weight is 300 g/mol. The van der Waals surface area contributed by atoms with E-state index in [4.69, 9.17) is 15.4 Å². The zero-order valence-corrected chi connectivity index (χ0v) is 12.9. The van der Waals surface area contributed by atoms with Crippen LogP contribution < -0.4 is 5.32 Å². The maximum absolute atomic E-state index is 11.6. The molecule has 108 valence electrons. The summed E-state index contributed by atoms with van der Waals surface area (Å²) in [5.41, 5.74) is -0.570. The fourth-order valence-electron chi connectivity index (χ4n) is 1.39. The molecule has 7 heteroatoms. The number of carbonyl (C=O) groups is 1. The lowest BCUT2D eigenvalue weighted by atomic mass is 10.1. The molecule has 0 aliphatic carbocycles. The van der Waals surface area contributed by atoms with E-state index in [0.717, 1.165) is 6.42 Å². The summed E-state index contributed by atoms with van der Waals surface area (Å²) >= 11 is 0. The van der Waals surface area contributed by atoms with Gasteiger partial charge < -0.3 is 10.1 Å². The van der Waals surface area contributed by atoms with Gasteiger partial charge in [0, 0.05) is 16.7 Å². The van der Waals surface area contributed by atoms with E-state index >= 15 is 0 Å². The van der Waals surface area contributed by atoms with E-state index < -0.39 is 20.7 Å². The molecule has 1 unspecified atom stereocenters. The summed E-state index contributed by atoms with van der Waals surface area (Å²) in [6, 6.07) is -0.238. The fraction of sp³-hybridized carbons (Fsp3) is 0.909. The largest absolute Gasteiger partial charge is 0.444 e. The lowest BCUT2D eigenvalue weighted by molar-refractivity contribution is 0.0500. The predicted octanol–water partition coefficient (Wildman–Crippen LogP) is 2.64. The maximum atomic E-state index is 11.6. The minimum atomic E-state index is -3.53. The molecule has 5 nitrogen and oxygen atoms in total. The van der Waals surface area contributed by atoms with E-state index in [-0.39, 0.29) is 11.8 Å². The van der Waals surface area contributed by atoms with Gasteiger partial charge in [0.2, 0.25) is 9.05 Å². The second-order valence-corrected chi connectivity index (χ2v) is 8.06. The Kier molecular flexibility index (Phi) is 6.99. The number of nitrogens with one attached hydrogen (secondary N) is 1. The molecule has 0 radical (unpaired) electrons. The number of rotatable bonds is 6. The Labute approximate surface area is 114 Å². The number of hydrogen-bond donors (Lipinski definition) is 1. The summed E-state index contributed by atoms with van der Waals surface area (Å²) < 4.78 is 26.9. The zero-order chi connectivity index (χ0) is 14.4. The van der Waals surface area contributed by atoms with Crippen molar-refractivity contribution in [1.82, 2.24) is 5.32 Å². The van der Waals surface area contributed by atoms with Crippen LogP contribution in [-0.4, -0.2) is 31.9 Å². The molecule has 0 rings (SSSR count). The molecule has 0 bridgehead atoms. The lowest BCUT2D eigenvalue weighted by Crippen LogP contribution is -2.39. The highest BCUT2D eigenvalue weighted by Gasteiger charge is 2.20. The van der Waals surface area contributed by atoms with Crippen LogP contribution in [0.3, 0.4) is 0 Å². The summed E-state index contributed by atoms with van der Waals surface area (Å²) in [4.78, 5) is 11.6. The van der Waals surface area contributed by atoms with Crippen LogP contribution in [0.15, 0.2) is 0 Å². The van der Waals surface area contributed by atoms with Gasteiger partial charge in [0.25, 0.3) is 0 Å². The Bertz CT molecular complexity index is 362. The Morgan fingerprint density at radius 2 is 1.89 bits per heavy atom. The molecule has 0 spiro atoms. The van der Waals surface area contributed by atoms with Gasteiger partial charge in [-0.2, -0.15) is 0 Å². The molecule has 0 aliphatic rings. The fourth-order valence-corrected chi connectivity index (χ4v) is 2.23. The van der Waals surface area contributed by atoms with E-state index in [1.165, 1.54) is 0 Å². The Morgan fingerprint density at radius 3 is 2.28 bits per heavy atom. The van der Waals surface area contributed by atoms with Gasteiger partial charge in [-0.1, -0.05) is 13.3 Å². The van der Waals surface area contributed by atoms with E-state index in [0.29, 0.717) is 12.8 Å². The standard InChI is InChI=1S/C11H22ClNO4S/c1-5-6-9(7-8-18(12,15)16)13-10(14)17-11(2,3)4/h9H,5-8H2,1-4H3,(H,13,14). The van der Waals surface area contributed by atoms with Crippen LogP contribution in [0.4, 0.5) is 4.79 Å². The van der Waals surface area contributed by atoms with Crippen LogP contribution in [0.5, 0.6) is 0 Å². The number of amides is 1. The summed E-state index contributed by atoms with van der Waals surface area (Å²) in [5, 5.41) is 2.66. The molecule has 18 heavy (non-hydrogen) atoms. The molecular formula is C11H22ClNO4S. The average Bonchev–Trinajstić information content (AvgIpc) is 2.10. The van der Waals surface area contributed by atoms with Crippen molar-refractivity contribution in [2.75, 3.05) is 5.75 Å².